The standard InChI is InChI=1S/C29H23F5N4O2/c1-14-15(2)35-29(36-19-6-4-18(30)5-7-19)37-27(14)38-11-10-17-12-20(8-9-21(17)16(38)3)40-28(39)22-13-23(31)25(33)26(34)24(22)32/h4-9,12-13,16H,10-11H2,1-3H3,(H,35,36,37). The number of halogens is 5. The molecule has 0 amide bonds. The molecule has 0 saturated carbocycles. The molecule has 0 bridgehead atoms. The molecule has 2 heterocycles. The molecule has 0 radical (unpaired) electrons. The first kappa shape index (κ1) is 27.0. The van der Waals surface area contributed by atoms with Crippen LogP contribution in [-0.2, 0) is 6.42 Å². The Morgan fingerprint density at radius 2 is 1.68 bits per heavy atom. The van der Waals surface area contributed by atoms with Crippen LogP contribution in [0.15, 0.2) is 48.5 Å². The Morgan fingerprint density at radius 1 is 0.950 bits per heavy atom. The zero-order valence-corrected chi connectivity index (χ0v) is 21.7. The lowest BCUT2D eigenvalue weighted by Gasteiger charge is -2.37. The average Bonchev–Trinajstić information content (AvgIpc) is 2.93. The van der Waals surface area contributed by atoms with Gasteiger partial charge in [0.1, 0.15) is 22.9 Å². The minimum atomic E-state index is -2.09. The normalized spacial score (nSPS) is 14.6. The first-order chi connectivity index (χ1) is 19.0. The van der Waals surface area contributed by atoms with Gasteiger partial charge in [-0.3, -0.25) is 0 Å². The van der Waals surface area contributed by atoms with Crippen LogP contribution in [0.3, 0.4) is 0 Å². The zero-order valence-electron chi connectivity index (χ0n) is 21.7. The van der Waals surface area contributed by atoms with E-state index in [1.54, 1.807) is 24.3 Å². The molecule has 0 saturated heterocycles. The van der Waals surface area contributed by atoms with Crippen LogP contribution in [0.4, 0.5) is 39.4 Å². The van der Waals surface area contributed by atoms with E-state index in [2.05, 4.69) is 15.2 Å². The minimum Gasteiger partial charge on any atom is -0.423 e. The van der Waals surface area contributed by atoms with Crippen LogP contribution in [0.2, 0.25) is 0 Å². The van der Waals surface area contributed by atoms with E-state index in [1.165, 1.54) is 18.2 Å². The number of rotatable bonds is 5. The van der Waals surface area contributed by atoms with Gasteiger partial charge in [-0.1, -0.05) is 6.07 Å². The summed E-state index contributed by atoms with van der Waals surface area (Å²) in [6, 6.07) is 10.8. The lowest BCUT2D eigenvalue weighted by atomic mass is 9.93. The van der Waals surface area contributed by atoms with Gasteiger partial charge in [0.05, 0.1) is 6.04 Å². The van der Waals surface area contributed by atoms with Crippen LogP contribution in [0.25, 0.3) is 0 Å². The number of benzene rings is 3. The van der Waals surface area contributed by atoms with E-state index in [0.29, 0.717) is 24.6 Å². The van der Waals surface area contributed by atoms with Crippen molar-refractivity contribution in [1.29, 1.82) is 0 Å². The number of carbonyl (C=O) groups excluding carboxylic acids is 1. The van der Waals surface area contributed by atoms with Crippen LogP contribution in [-0.4, -0.2) is 22.5 Å². The van der Waals surface area contributed by atoms with Gasteiger partial charge < -0.3 is 15.0 Å². The lowest BCUT2D eigenvalue weighted by Crippen LogP contribution is -2.35. The van der Waals surface area contributed by atoms with Crippen LogP contribution in [0.5, 0.6) is 5.75 Å². The molecular formula is C29H23F5N4O2. The fourth-order valence-corrected chi connectivity index (χ4v) is 4.66. The molecule has 1 unspecified atom stereocenters. The second kappa shape index (κ2) is 10.6. The summed E-state index contributed by atoms with van der Waals surface area (Å²) in [5.41, 5.74) is 3.05. The number of esters is 1. The highest BCUT2D eigenvalue weighted by molar-refractivity contribution is 5.91. The van der Waals surface area contributed by atoms with Gasteiger partial charge in [-0.25, -0.2) is 31.7 Å². The summed E-state index contributed by atoms with van der Waals surface area (Å²) in [6.07, 6.45) is 0.544. The SMILES string of the molecule is Cc1nc(Nc2ccc(F)cc2)nc(N2CCc3cc(OC(=O)c4cc(F)c(F)c(F)c4F)ccc3C2C)c1C. The summed E-state index contributed by atoms with van der Waals surface area (Å²) >= 11 is 0. The Kier molecular flexibility index (Phi) is 7.14. The first-order valence-corrected chi connectivity index (χ1v) is 12.4. The molecule has 0 fully saturated rings. The number of fused-ring (bicyclic) bond motifs is 1. The van der Waals surface area contributed by atoms with Gasteiger partial charge in [0.2, 0.25) is 5.95 Å². The number of hydrogen-bond donors (Lipinski definition) is 1. The van der Waals surface area contributed by atoms with Gasteiger partial charge >= 0.3 is 5.97 Å². The molecule has 0 aliphatic carbocycles. The van der Waals surface area contributed by atoms with E-state index in [0.717, 1.165) is 28.2 Å². The molecule has 1 N–H and O–H groups in total. The number of nitrogens with zero attached hydrogens (tertiary/aromatic N) is 3. The van der Waals surface area contributed by atoms with Gasteiger partial charge in [0, 0.05) is 23.5 Å². The molecule has 40 heavy (non-hydrogen) atoms. The van der Waals surface area contributed by atoms with Crippen molar-refractivity contribution in [3.63, 3.8) is 0 Å². The zero-order chi connectivity index (χ0) is 28.7. The molecular weight excluding hydrogens is 531 g/mol. The van der Waals surface area contributed by atoms with E-state index in [-0.39, 0.29) is 23.7 Å². The molecule has 4 aromatic rings. The highest BCUT2D eigenvalue weighted by atomic mass is 19.2. The van der Waals surface area contributed by atoms with Gasteiger partial charge in [-0.15, -0.1) is 0 Å². The molecule has 5 rings (SSSR count). The predicted molar refractivity (Wildman–Crippen MR) is 138 cm³/mol. The predicted octanol–water partition coefficient (Wildman–Crippen LogP) is 6.88. The Bertz CT molecular complexity index is 1630. The Labute approximate surface area is 226 Å². The molecule has 1 aromatic heterocycles. The maximum Gasteiger partial charge on any atom is 0.346 e. The maximum atomic E-state index is 14.0. The number of ether oxygens (including phenoxy) is 1. The van der Waals surface area contributed by atoms with Crippen molar-refractivity contribution >= 4 is 23.4 Å². The van der Waals surface area contributed by atoms with Crippen molar-refractivity contribution in [1.82, 2.24) is 9.97 Å². The van der Waals surface area contributed by atoms with Crippen molar-refractivity contribution in [2.75, 3.05) is 16.8 Å². The Hall–Kier alpha value is -4.54. The number of carbonyl (C=O) groups is 1. The molecule has 1 atom stereocenters. The monoisotopic (exact) mass is 554 g/mol. The molecule has 6 nitrogen and oxygen atoms in total. The molecule has 206 valence electrons. The first-order valence-electron chi connectivity index (χ1n) is 12.4. The van der Waals surface area contributed by atoms with Gasteiger partial charge in [-0.05, 0) is 80.8 Å². The highest BCUT2D eigenvalue weighted by Gasteiger charge is 2.29. The van der Waals surface area contributed by atoms with Crippen molar-refractivity contribution < 1.29 is 31.5 Å². The Morgan fingerprint density at radius 3 is 2.40 bits per heavy atom. The topological polar surface area (TPSA) is 67.3 Å². The van der Waals surface area contributed by atoms with E-state index in [1.807, 2.05) is 20.8 Å². The van der Waals surface area contributed by atoms with E-state index >= 15 is 0 Å². The van der Waals surface area contributed by atoms with Gasteiger partial charge in [-0.2, -0.15) is 4.98 Å². The molecule has 1 aliphatic rings. The summed E-state index contributed by atoms with van der Waals surface area (Å²) in [5, 5.41) is 3.11. The third-order valence-electron chi connectivity index (χ3n) is 6.92. The fourth-order valence-electron chi connectivity index (χ4n) is 4.66. The summed E-state index contributed by atoms with van der Waals surface area (Å²) in [6.45, 7) is 6.35. The van der Waals surface area contributed by atoms with Crippen molar-refractivity contribution in [3.8, 4) is 5.75 Å². The number of aryl methyl sites for hydroxylation is 1. The number of hydrogen-bond acceptors (Lipinski definition) is 6. The summed E-state index contributed by atoms with van der Waals surface area (Å²) in [7, 11) is 0. The molecule has 0 spiro atoms. The van der Waals surface area contributed by atoms with Gasteiger partial charge in [0.15, 0.2) is 23.3 Å². The average molecular weight is 555 g/mol. The van der Waals surface area contributed by atoms with Crippen molar-refractivity contribution in [2.24, 2.45) is 0 Å². The van der Waals surface area contributed by atoms with Gasteiger partial charge in [0.25, 0.3) is 0 Å². The maximum absolute atomic E-state index is 14.0. The molecule has 1 aliphatic heterocycles. The smallest absolute Gasteiger partial charge is 0.346 e. The quantitative estimate of drug-likeness (QED) is 0.0955. The largest absolute Gasteiger partial charge is 0.423 e. The third-order valence-corrected chi connectivity index (χ3v) is 6.92. The summed E-state index contributed by atoms with van der Waals surface area (Å²) in [5.74, 6) is -8.18. The highest BCUT2D eigenvalue weighted by Crippen LogP contribution is 2.37. The Balaban J connectivity index is 1.38. The summed E-state index contributed by atoms with van der Waals surface area (Å²) < 4.78 is 72.8. The van der Waals surface area contributed by atoms with Crippen LogP contribution >= 0.6 is 0 Å². The summed E-state index contributed by atoms with van der Waals surface area (Å²) in [4.78, 5) is 23.8. The minimum absolute atomic E-state index is 0.0498. The van der Waals surface area contributed by atoms with E-state index in [4.69, 9.17) is 9.72 Å². The van der Waals surface area contributed by atoms with Crippen LogP contribution < -0.4 is 15.0 Å². The number of nitrogens with one attached hydrogen (secondary N) is 1. The third kappa shape index (κ3) is 5.06. The fraction of sp³-hybridized carbons (Fsp3) is 0.207. The molecule has 11 heteroatoms. The second-order valence-electron chi connectivity index (χ2n) is 9.43. The van der Waals surface area contributed by atoms with E-state index in [9.17, 15) is 26.7 Å². The van der Waals surface area contributed by atoms with Crippen LogP contribution in [0.1, 0.15) is 45.7 Å². The number of anilines is 3. The van der Waals surface area contributed by atoms with Crippen LogP contribution in [0, 0.1) is 42.9 Å². The molecule has 3 aromatic carbocycles. The van der Waals surface area contributed by atoms with E-state index < -0.39 is 34.8 Å². The van der Waals surface area contributed by atoms with Crippen molar-refractivity contribution in [2.45, 2.75) is 33.2 Å². The lowest BCUT2D eigenvalue weighted by molar-refractivity contribution is 0.0727. The number of aromatic nitrogens is 2. The van der Waals surface area contributed by atoms with Crippen molar-refractivity contribution in [3.05, 3.63) is 106 Å². The second-order valence-corrected chi connectivity index (χ2v) is 9.43.